The molecule has 8 heteroatoms. The second-order valence-electron chi connectivity index (χ2n) is 6.87. The Balaban J connectivity index is 1.56. The minimum absolute atomic E-state index is 0.217. The minimum Gasteiger partial charge on any atom is -0.740 e. The second-order valence-corrected chi connectivity index (χ2v) is 7.44. The quantitative estimate of drug-likeness (QED) is 0.746. The summed E-state index contributed by atoms with van der Waals surface area (Å²) < 4.78 is 43.8. The fourth-order valence-electron chi connectivity index (χ4n) is 4.31. The Kier molecular flexibility index (Phi) is 3.99. The van der Waals surface area contributed by atoms with Crippen molar-refractivity contribution in [3.63, 3.8) is 0 Å². The van der Waals surface area contributed by atoms with E-state index >= 15 is 0 Å². The van der Waals surface area contributed by atoms with Crippen molar-refractivity contribution in [3.8, 4) is 23.0 Å². The maximum absolute atomic E-state index is 11.2. The lowest BCUT2D eigenvalue weighted by molar-refractivity contribution is 0.158. The molecule has 2 unspecified atom stereocenters. The van der Waals surface area contributed by atoms with Gasteiger partial charge in [-0.1, -0.05) is 6.07 Å². The number of hydrogen-bond acceptors (Lipinski definition) is 7. The SMILES string of the molecule is COc1ccc2c(c1OS(=O)[O-])CN1CCc3cc4c(cc3C1C2)OCO4. The van der Waals surface area contributed by atoms with Crippen LogP contribution < -0.4 is 18.4 Å². The van der Waals surface area contributed by atoms with Gasteiger partial charge in [-0.25, -0.2) is 4.21 Å². The van der Waals surface area contributed by atoms with E-state index in [0.717, 1.165) is 42.0 Å². The van der Waals surface area contributed by atoms with Crippen molar-refractivity contribution in [2.24, 2.45) is 0 Å². The van der Waals surface area contributed by atoms with Crippen molar-refractivity contribution in [3.05, 3.63) is 46.5 Å². The number of methoxy groups -OCH3 is 1. The van der Waals surface area contributed by atoms with Gasteiger partial charge < -0.3 is 22.9 Å². The van der Waals surface area contributed by atoms with E-state index in [4.69, 9.17) is 18.4 Å². The Hall–Kier alpha value is -2.29. The van der Waals surface area contributed by atoms with Crippen LogP contribution in [0, 0.1) is 0 Å². The Morgan fingerprint density at radius 1 is 1.22 bits per heavy atom. The molecule has 2 aromatic carbocycles. The molecule has 0 fully saturated rings. The Morgan fingerprint density at radius 2 is 2.04 bits per heavy atom. The molecule has 0 bridgehead atoms. The van der Waals surface area contributed by atoms with Crippen LogP contribution in [0.2, 0.25) is 0 Å². The third kappa shape index (κ3) is 2.75. The molecule has 0 aromatic heterocycles. The van der Waals surface area contributed by atoms with Crippen molar-refractivity contribution in [2.75, 3.05) is 20.4 Å². The third-order valence-electron chi connectivity index (χ3n) is 5.57. The molecular formula is C19H18NO6S-. The molecule has 0 aliphatic carbocycles. The summed E-state index contributed by atoms with van der Waals surface area (Å²) in [4.78, 5) is 2.35. The van der Waals surface area contributed by atoms with E-state index < -0.39 is 11.4 Å². The van der Waals surface area contributed by atoms with E-state index in [1.54, 1.807) is 6.07 Å². The van der Waals surface area contributed by atoms with Crippen molar-refractivity contribution < 1.29 is 27.2 Å². The first-order valence-electron chi connectivity index (χ1n) is 8.77. The molecule has 5 rings (SSSR count). The van der Waals surface area contributed by atoms with E-state index in [0.29, 0.717) is 18.0 Å². The standard InChI is InChI=1S/C19H19NO6S/c1-23-16-3-2-11-6-15-13-8-18-17(24-10-25-18)7-12(13)4-5-20(15)9-14(11)19(16)26-27(21)22/h2-3,7-8,15H,4-6,9-10H2,1H3,(H,21,22)/p-1. The van der Waals surface area contributed by atoms with E-state index in [-0.39, 0.29) is 12.8 Å². The molecule has 0 N–H and O–H groups in total. The van der Waals surface area contributed by atoms with E-state index in [2.05, 4.69) is 17.0 Å². The maximum Gasteiger partial charge on any atom is 0.231 e. The second kappa shape index (κ2) is 6.40. The number of rotatable bonds is 3. The van der Waals surface area contributed by atoms with Crippen LogP contribution in [0.5, 0.6) is 23.0 Å². The molecule has 0 amide bonds. The molecule has 27 heavy (non-hydrogen) atoms. The van der Waals surface area contributed by atoms with Crippen LogP contribution in [-0.2, 0) is 30.7 Å². The van der Waals surface area contributed by atoms with Gasteiger partial charge in [0.1, 0.15) is 11.4 Å². The lowest BCUT2D eigenvalue weighted by Gasteiger charge is -2.42. The van der Waals surface area contributed by atoms with Gasteiger partial charge in [-0.2, -0.15) is 0 Å². The highest BCUT2D eigenvalue weighted by Crippen LogP contribution is 2.46. The molecule has 3 aliphatic heterocycles. The van der Waals surface area contributed by atoms with Crippen molar-refractivity contribution in [2.45, 2.75) is 25.4 Å². The largest absolute Gasteiger partial charge is 0.740 e. The zero-order chi connectivity index (χ0) is 18.5. The smallest absolute Gasteiger partial charge is 0.231 e. The van der Waals surface area contributed by atoms with Gasteiger partial charge in [-0.3, -0.25) is 4.90 Å². The lowest BCUT2D eigenvalue weighted by Crippen LogP contribution is -2.39. The van der Waals surface area contributed by atoms with Crippen LogP contribution in [-0.4, -0.2) is 34.1 Å². The molecule has 0 spiro atoms. The van der Waals surface area contributed by atoms with Gasteiger partial charge in [0, 0.05) is 24.7 Å². The van der Waals surface area contributed by atoms with Gasteiger partial charge in [0.05, 0.1) is 7.11 Å². The van der Waals surface area contributed by atoms with E-state index in [1.165, 1.54) is 18.2 Å². The van der Waals surface area contributed by atoms with Crippen LogP contribution in [0.4, 0.5) is 0 Å². The maximum atomic E-state index is 11.2. The summed E-state index contributed by atoms with van der Waals surface area (Å²) in [5.41, 5.74) is 4.48. The molecule has 3 aliphatic rings. The summed E-state index contributed by atoms with van der Waals surface area (Å²) >= 11 is -2.65. The molecule has 0 saturated heterocycles. The number of ether oxygens (including phenoxy) is 3. The zero-order valence-electron chi connectivity index (χ0n) is 14.7. The first-order valence-corrected chi connectivity index (χ1v) is 9.77. The fourth-order valence-corrected chi connectivity index (χ4v) is 4.63. The summed E-state index contributed by atoms with van der Waals surface area (Å²) in [6, 6.07) is 8.16. The lowest BCUT2D eigenvalue weighted by atomic mass is 9.83. The van der Waals surface area contributed by atoms with Crippen LogP contribution in [0.1, 0.15) is 28.3 Å². The fraction of sp³-hybridized carbons (Fsp3) is 0.368. The first kappa shape index (κ1) is 16.9. The van der Waals surface area contributed by atoms with Crippen molar-refractivity contribution >= 4 is 11.4 Å². The third-order valence-corrected chi connectivity index (χ3v) is 5.87. The van der Waals surface area contributed by atoms with E-state index in [1.807, 2.05) is 6.07 Å². The number of benzene rings is 2. The highest BCUT2D eigenvalue weighted by atomic mass is 32.2. The van der Waals surface area contributed by atoms with Gasteiger partial charge in [0.25, 0.3) is 0 Å². The summed E-state index contributed by atoms with van der Waals surface area (Å²) in [5.74, 6) is 2.33. The Bertz CT molecular complexity index is 946. The van der Waals surface area contributed by atoms with Crippen LogP contribution in [0.25, 0.3) is 0 Å². The molecule has 142 valence electrons. The topological polar surface area (TPSA) is 80.3 Å². The van der Waals surface area contributed by atoms with E-state index in [9.17, 15) is 8.76 Å². The van der Waals surface area contributed by atoms with Gasteiger partial charge in [-0.15, -0.1) is 0 Å². The molecule has 3 heterocycles. The monoisotopic (exact) mass is 388 g/mol. The molecule has 0 radical (unpaired) electrons. The summed E-state index contributed by atoms with van der Waals surface area (Å²) in [6.07, 6.45) is 1.68. The minimum atomic E-state index is -2.65. The van der Waals surface area contributed by atoms with Crippen LogP contribution in [0.15, 0.2) is 24.3 Å². The highest BCUT2D eigenvalue weighted by Gasteiger charge is 2.35. The molecule has 7 nitrogen and oxygen atoms in total. The Morgan fingerprint density at radius 3 is 2.81 bits per heavy atom. The van der Waals surface area contributed by atoms with Crippen molar-refractivity contribution in [1.29, 1.82) is 0 Å². The van der Waals surface area contributed by atoms with Gasteiger partial charge in [-0.05, 0) is 47.7 Å². The van der Waals surface area contributed by atoms with Crippen molar-refractivity contribution in [1.82, 2.24) is 4.90 Å². The van der Waals surface area contributed by atoms with Gasteiger partial charge in [0.15, 0.2) is 23.0 Å². The van der Waals surface area contributed by atoms with Crippen LogP contribution in [0.3, 0.4) is 0 Å². The summed E-state index contributed by atoms with van der Waals surface area (Å²) in [7, 11) is 1.51. The van der Waals surface area contributed by atoms with Gasteiger partial charge >= 0.3 is 0 Å². The number of hydrogen-bond donors (Lipinski definition) is 0. The van der Waals surface area contributed by atoms with Gasteiger partial charge in [0.2, 0.25) is 6.79 Å². The summed E-state index contributed by atoms with van der Waals surface area (Å²) in [6.45, 7) is 1.76. The molecule has 0 saturated carbocycles. The number of fused-ring (bicyclic) bond motifs is 5. The predicted molar refractivity (Wildman–Crippen MR) is 95.7 cm³/mol. The molecule has 2 atom stereocenters. The zero-order valence-corrected chi connectivity index (χ0v) is 15.5. The van der Waals surface area contributed by atoms with Crippen LogP contribution >= 0.6 is 0 Å². The average molecular weight is 388 g/mol. The average Bonchev–Trinajstić information content (AvgIpc) is 3.12. The molecular weight excluding hydrogens is 370 g/mol. The first-order chi connectivity index (χ1) is 13.1. The number of nitrogens with zero attached hydrogens (tertiary/aromatic N) is 1. The highest BCUT2D eigenvalue weighted by molar-refractivity contribution is 7.74. The summed E-state index contributed by atoms with van der Waals surface area (Å²) in [5, 5.41) is 0. The Labute approximate surface area is 159 Å². The predicted octanol–water partition coefficient (Wildman–Crippen LogP) is 2.25. The normalized spacial score (nSPS) is 21.0. The molecule has 2 aromatic rings.